The molecule has 1 saturated heterocycles. The number of halogens is 2. The molecule has 0 aliphatic carbocycles. The van der Waals surface area contributed by atoms with Crippen molar-refractivity contribution in [3.63, 3.8) is 0 Å². The summed E-state index contributed by atoms with van der Waals surface area (Å²) in [4.78, 5) is 18.3. The molecule has 3 rings (SSSR count). The van der Waals surface area contributed by atoms with Crippen LogP contribution >= 0.6 is 11.6 Å². The Morgan fingerprint density at radius 2 is 2.08 bits per heavy atom. The van der Waals surface area contributed by atoms with Crippen LogP contribution in [-0.2, 0) is 11.3 Å². The number of likely N-dealkylation sites (tertiary alicyclic amines) is 1. The predicted octanol–water partition coefficient (Wildman–Crippen LogP) is 3.70. The molecular weight excluding hydrogens is 331 g/mol. The highest BCUT2D eigenvalue weighted by molar-refractivity contribution is 6.30. The lowest BCUT2D eigenvalue weighted by molar-refractivity contribution is -0.00169. The van der Waals surface area contributed by atoms with E-state index in [1.807, 2.05) is 18.2 Å². The summed E-state index contributed by atoms with van der Waals surface area (Å²) in [6.07, 6.45) is 3.29. The number of amides is 1. The average molecular weight is 349 g/mol. The molecule has 126 valence electrons. The van der Waals surface area contributed by atoms with Gasteiger partial charge in [-0.3, -0.25) is 9.78 Å². The van der Waals surface area contributed by atoms with E-state index in [2.05, 4.69) is 4.98 Å². The number of hydrogen-bond donors (Lipinski definition) is 0. The van der Waals surface area contributed by atoms with E-state index in [-0.39, 0.29) is 22.6 Å². The monoisotopic (exact) mass is 348 g/mol. The fourth-order valence-electron chi connectivity index (χ4n) is 2.75. The van der Waals surface area contributed by atoms with Gasteiger partial charge < -0.3 is 9.64 Å². The Kier molecular flexibility index (Phi) is 5.43. The molecule has 2 heterocycles. The quantitative estimate of drug-likeness (QED) is 0.846. The number of hydrogen-bond acceptors (Lipinski definition) is 3. The minimum absolute atomic E-state index is 0.0623. The fraction of sp³-hybridized carbons (Fsp3) is 0.333. The number of carbonyl (C=O) groups is 1. The normalized spacial score (nSPS) is 15.5. The minimum atomic E-state index is -0.582. The van der Waals surface area contributed by atoms with Gasteiger partial charge in [0.2, 0.25) is 0 Å². The third-order valence-corrected chi connectivity index (χ3v) is 4.32. The maximum Gasteiger partial charge on any atom is 0.256 e. The summed E-state index contributed by atoms with van der Waals surface area (Å²) in [6.45, 7) is 1.56. The summed E-state index contributed by atoms with van der Waals surface area (Å²) in [5.41, 5.74) is 0.950. The smallest absolute Gasteiger partial charge is 0.256 e. The molecule has 0 spiro atoms. The number of piperidine rings is 1. The molecule has 1 aliphatic rings. The zero-order chi connectivity index (χ0) is 16.9. The van der Waals surface area contributed by atoms with E-state index in [9.17, 15) is 9.18 Å². The van der Waals surface area contributed by atoms with Gasteiger partial charge in [0.15, 0.2) is 0 Å². The number of rotatable bonds is 4. The zero-order valence-electron chi connectivity index (χ0n) is 13.1. The summed E-state index contributed by atoms with van der Waals surface area (Å²) >= 11 is 5.73. The predicted molar refractivity (Wildman–Crippen MR) is 89.4 cm³/mol. The van der Waals surface area contributed by atoms with Crippen LogP contribution in [0.4, 0.5) is 4.39 Å². The van der Waals surface area contributed by atoms with E-state index >= 15 is 0 Å². The first kappa shape index (κ1) is 16.9. The number of nitrogens with zero attached hydrogens (tertiary/aromatic N) is 2. The Morgan fingerprint density at radius 3 is 2.75 bits per heavy atom. The summed E-state index contributed by atoms with van der Waals surface area (Å²) in [6, 6.07) is 9.83. The van der Waals surface area contributed by atoms with Crippen LogP contribution in [-0.4, -0.2) is 35.0 Å². The average Bonchev–Trinajstić information content (AvgIpc) is 2.61. The first-order chi connectivity index (χ1) is 11.6. The number of aromatic nitrogens is 1. The van der Waals surface area contributed by atoms with Gasteiger partial charge in [-0.2, -0.15) is 0 Å². The van der Waals surface area contributed by atoms with Crippen molar-refractivity contribution >= 4 is 17.5 Å². The van der Waals surface area contributed by atoms with Crippen molar-refractivity contribution in [2.45, 2.75) is 25.6 Å². The van der Waals surface area contributed by atoms with Crippen LogP contribution < -0.4 is 0 Å². The molecule has 0 radical (unpaired) electrons. The van der Waals surface area contributed by atoms with Crippen molar-refractivity contribution < 1.29 is 13.9 Å². The van der Waals surface area contributed by atoms with E-state index in [4.69, 9.17) is 16.3 Å². The summed E-state index contributed by atoms with van der Waals surface area (Å²) < 4.78 is 19.7. The van der Waals surface area contributed by atoms with Crippen molar-refractivity contribution in [2.24, 2.45) is 0 Å². The zero-order valence-corrected chi connectivity index (χ0v) is 13.9. The first-order valence-electron chi connectivity index (χ1n) is 7.89. The van der Waals surface area contributed by atoms with Gasteiger partial charge in [-0.15, -0.1) is 0 Å². The van der Waals surface area contributed by atoms with Gasteiger partial charge in [-0.1, -0.05) is 17.7 Å². The second kappa shape index (κ2) is 7.73. The van der Waals surface area contributed by atoms with Gasteiger partial charge in [-0.05, 0) is 43.2 Å². The van der Waals surface area contributed by atoms with Gasteiger partial charge in [0.25, 0.3) is 5.91 Å². The third-order valence-electron chi connectivity index (χ3n) is 4.08. The molecule has 0 saturated carbocycles. The van der Waals surface area contributed by atoms with Crippen LogP contribution in [0.5, 0.6) is 0 Å². The molecule has 0 bridgehead atoms. The Balaban J connectivity index is 1.52. The standard InChI is InChI=1S/C18H18ClFN2O2/c19-13-4-5-16(17(20)11-13)18(23)22-9-6-15(7-10-22)24-12-14-3-1-2-8-21-14/h1-5,8,11,15H,6-7,9-10,12H2. The van der Waals surface area contributed by atoms with Crippen LogP contribution in [0.2, 0.25) is 5.02 Å². The molecule has 2 aromatic rings. The molecule has 1 aromatic heterocycles. The van der Waals surface area contributed by atoms with E-state index in [1.54, 1.807) is 11.1 Å². The van der Waals surface area contributed by atoms with Gasteiger partial charge in [0.05, 0.1) is 24.0 Å². The summed E-state index contributed by atoms with van der Waals surface area (Å²) in [5, 5.41) is 0.283. The second-order valence-corrected chi connectivity index (χ2v) is 6.18. The molecule has 0 atom stereocenters. The molecule has 6 heteroatoms. The van der Waals surface area contributed by atoms with E-state index in [0.29, 0.717) is 19.7 Å². The first-order valence-corrected chi connectivity index (χ1v) is 8.27. The molecule has 0 N–H and O–H groups in total. The number of benzene rings is 1. The molecular formula is C18H18ClFN2O2. The maximum absolute atomic E-state index is 13.9. The highest BCUT2D eigenvalue weighted by atomic mass is 35.5. The summed E-state index contributed by atoms with van der Waals surface area (Å²) in [5.74, 6) is -0.881. The van der Waals surface area contributed by atoms with E-state index < -0.39 is 5.82 Å². The molecule has 0 unspecified atom stereocenters. The van der Waals surface area contributed by atoms with E-state index in [0.717, 1.165) is 24.6 Å². The van der Waals surface area contributed by atoms with Crippen LogP contribution in [0.15, 0.2) is 42.6 Å². The largest absolute Gasteiger partial charge is 0.372 e. The SMILES string of the molecule is O=C(c1ccc(Cl)cc1F)N1CCC(OCc2ccccn2)CC1. The van der Waals surface area contributed by atoms with Crippen LogP contribution in [0.1, 0.15) is 28.9 Å². The minimum Gasteiger partial charge on any atom is -0.372 e. The Bertz CT molecular complexity index is 703. The number of pyridine rings is 1. The Morgan fingerprint density at radius 1 is 1.29 bits per heavy atom. The van der Waals surface area contributed by atoms with Crippen molar-refractivity contribution in [1.29, 1.82) is 0 Å². The second-order valence-electron chi connectivity index (χ2n) is 5.75. The van der Waals surface area contributed by atoms with Crippen molar-refractivity contribution in [3.05, 3.63) is 64.7 Å². The molecule has 1 aliphatic heterocycles. The lowest BCUT2D eigenvalue weighted by atomic mass is 10.1. The van der Waals surface area contributed by atoms with Gasteiger partial charge in [-0.25, -0.2) is 4.39 Å². The van der Waals surface area contributed by atoms with Crippen LogP contribution in [0.25, 0.3) is 0 Å². The van der Waals surface area contributed by atoms with Crippen LogP contribution in [0, 0.1) is 5.82 Å². The van der Waals surface area contributed by atoms with Gasteiger partial charge in [0, 0.05) is 24.3 Å². The van der Waals surface area contributed by atoms with Gasteiger partial charge >= 0.3 is 0 Å². The highest BCUT2D eigenvalue weighted by Gasteiger charge is 2.25. The number of carbonyl (C=O) groups excluding carboxylic acids is 1. The molecule has 24 heavy (non-hydrogen) atoms. The van der Waals surface area contributed by atoms with Gasteiger partial charge in [0.1, 0.15) is 5.82 Å². The fourth-order valence-corrected chi connectivity index (χ4v) is 2.90. The Labute approximate surface area is 145 Å². The summed E-state index contributed by atoms with van der Waals surface area (Å²) in [7, 11) is 0. The van der Waals surface area contributed by atoms with E-state index in [1.165, 1.54) is 12.1 Å². The van der Waals surface area contributed by atoms with Crippen molar-refractivity contribution in [2.75, 3.05) is 13.1 Å². The number of ether oxygens (including phenoxy) is 1. The lowest BCUT2D eigenvalue weighted by Crippen LogP contribution is -2.41. The molecule has 1 amide bonds. The molecule has 1 aromatic carbocycles. The highest BCUT2D eigenvalue weighted by Crippen LogP contribution is 2.20. The van der Waals surface area contributed by atoms with Crippen molar-refractivity contribution in [3.8, 4) is 0 Å². The maximum atomic E-state index is 13.9. The Hall–Kier alpha value is -1.98. The lowest BCUT2D eigenvalue weighted by Gasteiger charge is -2.32. The molecule has 4 nitrogen and oxygen atoms in total. The van der Waals surface area contributed by atoms with Crippen LogP contribution in [0.3, 0.4) is 0 Å². The van der Waals surface area contributed by atoms with Crippen molar-refractivity contribution in [1.82, 2.24) is 9.88 Å². The third kappa shape index (κ3) is 4.10. The molecule has 1 fully saturated rings. The topological polar surface area (TPSA) is 42.4 Å².